The molecule has 0 bridgehead atoms. The van der Waals surface area contributed by atoms with Gasteiger partial charge in [0, 0.05) is 0 Å². The van der Waals surface area contributed by atoms with Crippen LogP contribution in [-0.2, 0) is 9.59 Å². The van der Waals surface area contributed by atoms with Gasteiger partial charge >= 0.3 is 89.2 Å². The standard InChI is InChI=1S/C7H14N2O4Se/c1-3(10)5(8)6(11)9-4(2-14)7(12)13/h3-5,10,14H,2,8H2,1H3,(H,9,11)(H,12,13)/t3-,4+,5+/m1/s1. The number of hydrogen-bond acceptors (Lipinski definition) is 4. The summed E-state index contributed by atoms with van der Waals surface area (Å²) in [5.41, 5.74) is 5.30. The van der Waals surface area contributed by atoms with Gasteiger partial charge in [-0.25, -0.2) is 0 Å². The van der Waals surface area contributed by atoms with Gasteiger partial charge in [-0.2, -0.15) is 0 Å². The van der Waals surface area contributed by atoms with Crippen molar-refractivity contribution >= 4 is 27.9 Å². The predicted octanol–water partition coefficient (Wildman–Crippen LogP) is -2.42. The second-order valence-electron chi connectivity index (χ2n) is 2.85. The molecular weight excluding hydrogens is 255 g/mol. The number of nitrogens with one attached hydrogen (secondary N) is 1. The third kappa shape index (κ3) is 4.06. The molecule has 14 heavy (non-hydrogen) atoms. The van der Waals surface area contributed by atoms with Crippen molar-refractivity contribution in [1.82, 2.24) is 5.32 Å². The summed E-state index contributed by atoms with van der Waals surface area (Å²) in [6.45, 7) is 1.36. The average molecular weight is 269 g/mol. The van der Waals surface area contributed by atoms with E-state index in [1.54, 1.807) is 0 Å². The van der Waals surface area contributed by atoms with Crippen molar-refractivity contribution in [2.45, 2.75) is 30.4 Å². The molecule has 0 aromatic heterocycles. The topological polar surface area (TPSA) is 113 Å². The number of aliphatic hydroxyl groups excluding tert-OH is 1. The first-order valence-electron chi connectivity index (χ1n) is 3.97. The fourth-order valence-corrected chi connectivity index (χ4v) is 1.19. The van der Waals surface area contributed by atoms with Gasteiger partial charge in [0.2, 0.25) is 0 Å². The van der Waals surface area contributed by atoms with Crippen LogP contribution < -0.4 is 11.1 Å². The predicted molar refractivity (Wildman–Crippen MR) is 51.2 cm³/mol. The van der Waals surface area contributed by atoms with Crippen molar-refractivity contribution in [3.8, 4) is 0 Å². The zero-order valence-corrected chi connectivity index (χ0v) is 9.55. The number of aliphatic carboxylic acids is 1. The van der Waals surface area contributed by atoms with Crippen molar-refractivity contribution in [2.75, 3.05) is 0 Å². The molecule has 3 atom stereocenters. The molecular formula is C7H14N2O4Se. The summed E-state index contributed by atoms with van der Waals surface area (Å²) >= 11 is 2.07. The zero-order chi connectivity index (χ0) is 11.3. The van der Waals surface area contributed by atoms with Crippen LogP contribution in [0.1, 0.15) is 6.92 Å². The van der Waals surface area contributed by atoms with Gasteiger partial charge in [0.1, 0.15) is 0 Å². The SMILES string of the molecule is C[C@@H](O)[C@H](N)C(=O)N[C@@H](C[SeH])C(=O)O. The number of amides is 1. The van der Waals surface area contributed by atoms with Crippen LogP contribution in [0.3, 0.4) is 0 Å². The number of carbonyl (C=O) groups excluding carboxylic acids is 1. The van der Waals surface area contributed by atoms with Gasteiger partial charge < -0.3 is 0 Å². The third-order valence-electron chi connectivity index (χ3n) is 1.62. The van der Waals surface area contributed by atoms with Crippen LogP contribution in [0.4, 0.5) is 0 Å². The molecule has 0 saturated carbocycles. The van der Waals surface area contributed by atoms with Gasteiger partial charge in [-0.1, -0.05) is 0 Å². The van der Waals surface area contributed by atoms with E-state index in [4.69, 9.17) is 15.9 Å². The first-order valence-corrected chi connectivity index (χ1v) is 5.30. The Morgan fingerprint density at radius 3 is 2.36 bits per heavy atom. The molecule has 0 aliphatic heterocycles. The van der Waals surface area contributed by atoms with Crippen molar-refractivity contribution in [3.63, 3.8) is 0 Å². The van der Waals surface area contributed by atoms with Gasteiger partial charge in [-0.3, -0.25) is 0 Å². The monoisotopic (exact) mass is 270 g/mol. The number of nitrogens with two attached hydrogens (primary N) is 1. The molecule has 0 rings (SSSR count). The van der Waals surface area contributed by atoms with Crippen molar-refractivity contribution in [2.24, 2.45) is 5.73 Å². The van der Waals surface area contributed by atoms with Crippen LogP contribution in [0.25, 0.3) is 0 Å². The quantitative estimate of drug-likeness (QED) is 0.415. The van der Waals surface area contributed by atoms with E-state index in [0.29, 0.717) is 0 Å². The van der Waals surface area contributed by atoms with Crippen molar-refractivity contribution in [3.05, 3.63) is 0 Å². The van der Waals surface area contributed by atoms with E-state index in [0.717, 1.165) is 0 Å². The average Bonchev–Trinajstić information content (AvgIpc) is 2.11. The zero-order valence-electron chi connectivity index (χ0n) is 7.67. The van der Waals surface area contributed by atoms with Crippen LogP contribution in [0.5, 0.6) is 0 Å². The Morgan fingerprint density at radius 2 is 2.07 bits per heavy atom. The van der Waals surface area contributed by atoms with E-state index in [2.05, 4.69) is 21.3 Å². The molecule has 0 heterocycles. The van der Waals surface area contributed by atoms with E-state index in [-0.39, 0.29) is 5.32 Å². The Balaban J connectivity index is 4.22. The number of hydrogen-bond donors (Lipinski definition) is 4. The molecule has 6 nitrogen and oxygen atoms in total. The molecule has 5 N–H and O–H groups in total. The molecule has 0 saturated heterocycles. The molecule has 0 radical (unpaired) electrons. The fourth-order valence-electron chi connectivity index (χ4n) is 0.672. The summed E-state index contributed by atoms with van der Waals surface area (Å²) in [5, 5.41) is 20.0. The Hall–Kier alpha value is -0.621. The first-order chi connectivity index (χ1) is 6.40. The Kier molecular flexibility index (Phi) is 5.71. The molecule has 0 aliphatic rings. The number of aliphatic hydroxyl groups is 1. The first kappa shape index (κ1) is 13.4. The Morgan fingerprint density at radius 1 is 1.57 bits per heavy atom. The second kappa shape index (κ2) is 5.98. The number of rotatable bonds is 5. The van der Waals surface area contributed by atoms with Crippen molar-refractivity contribution < 1.29 is 19.8 Å². The molecule has 0 spiro atoms. The molecule has 1 amide bonds. The van der Waals surface area contributed by atoms with Crippen molar-refractivity contribution in [1.29, 1.82) is 0 Å². The van der Waals surface area contributed by atoms with E-state index < -0.39 is 30.1 Å². The maximum atomic E-state index is 11.2. The molecule has 0 aliphatic carbocycles. The van der Waals surface area contributed by atoms with E-state index >= 15 is 0 Å². The molecule has 7 heteroatoms. The van der Waals surface area contributed by atoms with Crippen LogP contribution in [0, 0.1) is 0 Å². The molecule has 0 fully saturated rings. The molecule has 0 aromatic carbocycles. The minimum absolute atomic E-state index is 0.209. The summed E-state index contributed by atoms with van der Waals surface area (Å²) < 4.78 is 0. The van der Waals surface area contributed by atoms with Gasteiger partial charge in [0.05, 0.1) is 0 Å². The third-order valence-corrected chi connectivity index (χ3v) is 2.39. The molecule has 82 valence electrons. The van der Waals surface area contributed by atoms with Gasteiger partial charge in [-0.15, -0.1) is 0 Å². The van der Waals surface area contributed by atoms with E-state index in [1.165, 1.54) is 6.92 Å². The summed E-state index contributed by atoms with van der Waals surface area (Å²) in [4.78, 5) is 21.7. The molecule has 0 unspecified atom stereocenters. The van der Waals surface area contributed by atoms with Crippen LogP contribution in [0.2, 0.25) is 5.32 Å². The summed E-state index contributed by atoms with van der Waals surface area (Å²) in [5.74, 6) is -1.80. The van der Waals surface area contributed by atoms with E-state index in [1.807, 2.05) is 0 Å². The Bertz CT molecular complexity index is 222. The second-order valence-corrected chi connectivity index (χ2v) is 3.61. The van der Waals surface area contributed by atoms with E-state index in [9.17, 15) is 9.59 Å². The maximum absolute atomic E-state index is 11.2. The number of carbonyl (C=O) groups is 2. The number of carboxylic acids is 1. The van der Waals surface area contributed by atoms with Gasteiger partial charge in [0.25, 0.3) is 0 Å². The summed E-state index contributed by atoms with van der Waals surface area (Å²) in [6, 6.07) is -2.08. The Labute approximate surface area is 89.7 Å². The van der Waals surface area contributed by atoms with Crippen LogP contribution in [-0.4, -0.2) is 56.3 Å². The van der Waals surface area contributed by atoms with Crippen LogP contribution in [0.15, 0.2) is 0 Å². The summed E-state index contributed by atoms with van der Waals surface area (Å²) in [7, 11) is 0. The fraction of sp³-hybridized carbons (Fsp3) is 0.714. The summed E-state index contributed by atoms with van der Waals surface area (Å²) in [6.07, 6.45) is -1.00. The minimum atomic E-state index is -1.13. The normalized spacial score (nSPS) is 16.9. The number of carboxylic acid groups (broad SMARTS) is 1. The van der Waals surface area contributed by atoms with Crippen LogP contribution >= 0.6 is 0 Å². The van der Waals surface area contributed by atoms with Gasteiger partial charge in [-0.05, 0) is 0 Å². The van der Waals surface area contributed by atoms with Gasteiger partial charge in [0.15, 0.2) is 0 Å². The molecule has 0 aromatic rings.